The smallest absolute Gasteiger partial charge is 0.310 e. The van der Waals surface area contributed by atoms with Gasteiger partial charge in [0.2, 0.25) is 0 Å². The highest BCUT2D eigenvalue weighted by Crippen LogP contribution is 2.55. The van der Waals surface area contributed by atoms with Crippen LogP contribution in [0.1, 0.15) is 68.9 Å². The van der Waals surface area contributed by atoms with Crippen LogP contribution < -0.4 is 19.6 Å². The molecule has 0 atom stereocenters. The highest BCUT2D eigenvalue weighted by molar-refractivity contribution is 6.30. The summed E-state index contributed by atoms with van der Waals surface area (Å²) >= 11 is 0. The molecule has 0 aromatic heterocycles. The van der Waals surface area contributed by atoms with E-state index in [0.717, 1.165) is 94.2 Å². The Bertz CT molecular complexity index is 10300. The van der Waals surface area contributed by atoms with Gasteiger partial charge >= 0.3 is 6.18 Å². The first kappa shape index (κ1) is 50.7. The zero-order chi connectivity index (χ0) is 117. The standard InChI is InChI=1S/C68H47FN2.C54H37F3N2/c1-44-21-23-49(24-22-44)55-31-36-63(45(2)39-55)70(57-32-25-47-15-9-11-19-53(47)40-57)64-37-29-51-28-35-60-65(38-30-52-27-34-59(64)66(51)67(52)60)71(58-33-26-48-16-10-12-20-54(48)41-58)68-61(50-17-7-4-8-18-50)42-56(43-62(68)69)46-13-5-3-6-14-46;1-36-34-41(37-14-6-2-7-15-37)26-30-48(36)58(43-18-10-4-11-19-43)49-31-24-39-23-29-46-50(32-25-40-22-28-45(49)52(39)53(40)46)59(44-20-12-5-13-21-44)51-33-27-42(35-47(51)54(55,56)57)38-16-8-3-9-17-38/h3-43H,1-2H3;2-35H,1H3/i3D,4D,5D,6D,7D,8D,13D,14D,17D,18D,21D,22D,23D,24D;2D,3D,4D,5D,6D,7D,8D,9D,10D,11D,12D,13D,14D,15D,16D,17D,18D,19D,20D,21D. The largest absolute Gasteiger partial charge is 0.418 e. The second kappa shape index (κ2) is 33.2. The van der Waals surface area contributed by atoms with Gasteiger partial charge in [0, 0.05) is 61.2 Å². The molecule has 0 aliphatic carbocycles. The average molecular weight is 1720 g/mol. The quantitative estimate of drug-likeness (QED) is 0.0665. The first-order chi connectivity index (χ1) is 77.9. The van der Waals surface area contributed by atoms with E-state index < -0.39 is 221 Å². The van der Waals surface area contributed by atoms with Gasteiger partial charge in [0.15, 0.2) is 0 Å². The number of hydrogen-bond acceptors (Lipinski definition) is 4. The maximum Gasteiger partial charge on any atom is 0.418 e. The van der Waals surface area contributed by atoms with Crippen LogP contribution in [0.15, 0.2) is 454 Å². The van der Waals surface area contributed by atoms with Crippen LogP contribution in [0.3, 0.4) is 0 Å². The van der Waals surface area contributed by atoms with Gasteiger partial charge in [-0.25, -0.2) is 4.39 Å². The van der Waals surface area contributed by atoms with Gasteiger partial charge in [0.05, 0.1) is 86.3 Å². The normalized spacial score (nSPS) is 15.3. The Morgan fingerprint density at radius 2 is 0.546 bits per heavy atom. The molecule has 0 heterocycles. The van der Waals surface area contributed by atoms with Crippen molar-refractivity contribution in [1.82, 2.24) is 0 Å². The van der Waals surface area contributed by atoms with E-state index in [0.29, 0.717) is 60.9 Å². The number of anilines is 12. The zero-order valence-corrected chi connectivity index (χ0v) is 69.0. The summed E-state index contributed by atoms with van der Waals surface area (Å²) in [4.78, 5) is 6.14. The monoisotopic (exact) mass is 1710 g/mol. The number of fused-ring (bicyclic) bond motifs is 2. The summed E-state index contributed by atoms with van der Waals surface area (Å²) in [7, 11) is 0. The predicted molar refractivity (Wildman–Crippen MR) is 540 cm³/mol. The summed E-state index contributed by atoms with van der Waals surface area (Å²) in [6.07, 6.45) is -5.30. The fourth-order valence-corrected chi connectivity index (χ4v) is 17.7. The molecule has 0 amide bonds. The minimum Gasteiger partial charge on any atom is -0.310 e. The number of rotatable bonds is 17. The van der Waals surface area contributed by atoms with Crippen molar-refractivity contribution in [1.29, 1.82) is 0 Å². The second-order valence-electron chi connectivity index (χ2n) is 31.1. The second-order valence-corrected chi connectivity index (χ2v) is 31.1. The Morgan fingerprint density at radius 1 is 0.231 bits per heavy atom. The number of halogens is 4. The molecule has 0 radical (unpaired) electrons. The van der Waals surface area contributed by atoms with Crippen LogP contribution in [-0.4, -0.2) is 0 Å². The summed E-state index contributed by atoms with van der Waals surface area (Å²) in [5.74, 6) is -0.986. The Kier molecular flexibility index (Phi) is 12.9. The van der Waals surface area contributed by atoms with Crippen LogP contribution in [-0.2, 0) is 6.18 Å². The van der Waals surface area contributed by atoms with Crippen LogP contribution in [0, 0.1) is 26.6 Å². The van der Waals surface area contributed by atoms with Gasteiger partial charge < -0.3 is 19.6 Å². The van der Waals surface area contributed by atoms with Crippen molar-refractivity contribution < 1.29 is 64.2 Å². The number of nitrogens with zero attached hydrogens (tertiary/aromatic N) is 4. The van der Waals surface area contributed by atoms with Crippen molar-refractivity contribution in [2.75, 3.05) is 19.6 Å². The molecule has 8 heteroatoms. The van der Waals surface area contributed by atoms with Gasteiger partial charge in [-0.3, -0.25) is 0 Å². The van der Waals surface area contributed by atoms with Gasteiger partial charge in [0.1, 0.15) is 5.82 Å². The molecule has 0 saturated heterocycles. The van der Waals surface area contributed by atoms with E-state index in [2.05, 4.69) is 41.3 Å². The van der Waals surface area contributed by atoms with E-state index in [1.807, 2.05) is 122 Å². The molecule has 620 valence electrons. The van der Waals surface area contributed by atoms with E-state index in [1.165, 1.54) is 35.2 Å². The van der Waals surface area contributed by atoms with Crippen molar-refractivity contribution in [3.05, 3.63) is 482 Å². The lowest BCUT2D eigenvalue weighted by Crippen LogP contribution is -2.17. The molecule has 23 aromatic carbocycles. The van der Waals surface area contributed by atoms with Gasteiger partial charge in [-0.1, -0.05) is 338 Å². The summed E-state index contributed by atoms with van der Waals surface area (Å²) in [5, 5.41) is 10.9. The van der Waals surface area contributed by atoms with Gasteiger partial charge in [-0.15, -0.1) is 0 Å². The van der Waals surface area contributed by atoms with Crippen LogP contribution >= 0.6 is 0 Å². The molecule has 0 aliphatic rings. The lowest BCUT2D eigenvalue weighted by molar-refractivity contribution is -0.137. The molecule has 0 N–H and O–H groups in total. The minimum atomic E-state index is -5.30. The van der Waals surface area contributed by atoms with Crippen molar-refractivity contribution in [3.8, 4) is 55.6 Å². The lowest BCUT2D eigenvalue weighted by Gasteiger charge is -2.31. The third kappa shape index (κ3) is 14.5. The molecule has 0 unspecified atom stereocenters. The first-order valence-electron chi connectivity index (χ1n) is 58.2. The maximum atomic E-state index is 18.5. The zero-order valence-electron chi connectivity index (χ0n) is 103. The maximum absolute atomic E-state index is 18.5. The van der Waals surface area contributed by atoms with Crippen molar-refractivity contribution in [3.63, 3.8) is 0 Å². The van der Waals surface area contributed by atoms with E-state index in [4.69, 9.17) is 41.1 Å². The molecular weight excluding hydrogens is 1600 g/mol. The van der Waals surface area contributed by atoms with E-state index >= 15 is 17.6 Å². The van der Waals surface area contributed by atoms with Crippen molar-refractivity contribution in [2.45, 2.75) is 26.9 Å². The topological polar surface area (TPSA) is 13.0 Å². The fraction of sp³-hybridized carbons (Fsp3) is 0.0328. The Hall–Kier alpha value is -16.4. The minimum absolute atomic E-state index is 0.0997. The average Bonchev–Trinajstić information content (AvgIpc) is 0.708. The Morgan fingerprint density at radius 3 is 0.954 bits per heavy atom. The van der Waals surface area contributed by atoms with E-state index in [1.54, 1.807) is 61.2 Å². The third-order valence-corrected chi connectivity index (χ3v) is 23.5. The highest BCUT2D eigenvalue weighted by Gasteiger charge is 2.37. The van der Waals surface area contributed by atoms with E-state index in [-0.39, 0.29) is 103 Å². The summed E-state index contributed by atoms with van der Waals surface area (Å²) in [6, 6.07) is 50.2. The van der Waals surface area contributed by atoms with E-state index in [9.17, 15) is 5.48 Å². The van der Waals surface area contributed by atoms with Crippen molar-refractivity contribution >= 4 is 154 Å². The number of alkyl halides is 3. The molecule has 130 heavy (non-hydrogen) atoms. The fourth-order valence-electron chi connectivity index (χ4n) is 17.7. The summed E-state index contributed by atoms with van der Waals surface area (Å²) < 4.78 is 361. The van der Waals surface area contributed by atoms with Crippen LogP contribution in [0.5, 0.6) is 0 Å². The molecule has 0 spiro atoms. The summed E-state index contributed by atoms with van der Waals surface area (Å²) in [5.41, 5.74) is 0.278. The number of para-hydroxylation sites is 2. The first-order valence-corrected chi connectivity index (χ1v) is 41.2. The van der Waals surface area contributed by atoms with Crippen LogP contribution in [0.2, 0.25) is 0 Å². The number of benzene rings is 23. The number of aryl methyl sites for hydroxylation is 2. The molecule has 0 bridgehead atoms. The number of hydrogen-bond donors (Lipinski definition) is 0. The Labute approximate surface area is 800 Å². The molecule has 4 nitrogen and oxygen atoms in total. The predicted octanol–water partition coefficient (Wildman–Crippen LogP) is 35.8. The molecule has 0 aliphatic heterocycles. The van der Waals surface area contributed by atoms with Gasteiger partial charge in [-0.2, -0.15) is 13.2 Å². The highest BCUT2D eigenvalue weighted by atomic mass is 19.4. The molecule has 23 rings (SSSR count). The Balaban J connectivity index is 0.000000182. The van der Waals surface area contributed by atoms with Crippen molar-refractivity contribution in [2.24, 2.45) is 0 Å². The summed E-state index contributed by atoms with van der Waals surface area (Å²) in [6.45, 7) is 5.16. The van der Waals surface area contributed by atoms with Gasteiger partial charge in [0.25, 0.3) is 0 Å². The van der Waals surface area contributed by atoms with Gasteiger partial charge in [-0.05, 0) is 268 Å². The SMILES string of the molecule is [2H]c1c([2H])c([2H])c(-c2cc(F)c(N(c3ccc4ccccc4c3)c3ccc4ccc5c(N(c6ccc7ccccc7c6)c6ccc(-c7c([2H])c([2H])c(C)c([2H])c7[2H])cc6C)ccc6ccc3c4c65)c(-c3c([2H])c([2H])c([2H])c([2H])c3[2H])c2)c([2H])c1[2H].[2H]c1c([2H])c([2H])c(-c2ccc(N(c3c([2H])c([2H])c([2H])c([2H])c3[2H])c3ccc4ccc5c(N(c6ccc(-c7c([2H])c([2H])c([2H])c([2H])c7[2H])cc6C(F)(F)F)c6c([2H])c([2H])c([2H])c([2H])c6[2H])ccc6ccc3c4c65)c(C)c2)c([2H])c1[2H]. The molecule has 0 saturated carbocycles. The molecule has 0 fully saturated rings. The van der Waals surface area contributed by atoms with Crippen LogP contribution in [0.4, 0.5) is 85.8 Å². The molecule has 23 aromatic rings. The van der Waals surface area contributed by atoms with Crippen LogP contribution in [0.25, 0.3) is 142 Å². The lowest BCUT2D eigenvalue weighted by atomic mass is 9.91. The molecular formula is C122H84F4N4. The third-order valence-electron chi connectivity index (χ3n) is 23.5.